The summed E-state index contributed by atoms with van der Waals surface area (Å²) in [5.74, 6) is -0.191. The van der Waals surface area contributed by atoms with Gasteiger partial charge < -0.3 is 10.5 Å². The Labute approximate surface area is 149 Å². The minimum absolute atomic E-state index is 0.121. The van der Waals surface area contributed by atoms with Gasteiger partial charge in [0.15, 0.2) is 0 Å². The summed E-state index contributed by atoms with van der Waals surface area (Å²) in [5.41, 5.74) is 9.09. The summed E-state index contributed by atoms with van der Waals surface area (Å²) < 4.78 is 6.70. The first-order chi connectivity index (χ1) is 11.4. The molecule has 0 fully saturated rings. The van der Waals surface area contributed by atoms with E-state index in [9.17, 15) is 4.79 Å². The molecule has 4 nitrogen and oxygen atoms in total. The lowest BCUT2D eigenvalue weighted by Crippen LogP contribution is -2.12. The first kappa shape index (κ1) is 17.8. The third kappa shape index (κ3) is 4.71. The number of amides is 1. The van der Waals surface area contributed by atoms with Crippen molar-refractivity contribution in [3.05, 3.63) is 68.7 Å². The lowest BCUT2D eigenvalue weighted by molar-refractivity contribution is -0.114. The molecule has 1 amide bonds. The highest BCUT2D eigenvalue weighted by molar-refractivity contribution is 9.10. The summed E-state index contributed by atoms with van der Waals surface area (Å²) in [7, 11) is 0. The Morgan fingerprint density at radius 1 is 1.25 bits per heavy atom. The molecule has 0 unspecified atom stereocenters. The summed E-state index contributed by atoms with van der Waals surface area (Å²) >= 11 is 3.38. The number of primary amides is 1. The van der Waals surface area contributed by atoms with Crippen LogP contribution in [0.15, 0.2) is 46.4 Å². The molecule has 0 saturated heterocycles. The molecule has 0 atom stereocenters. The molecule has 2 N–H and O–H groups in total. The smallest absolute Gasteiger partial charge is 0.259 e. The van der Waals surface area contributed by atoms with E-state index in [0.29, 0.717) is 17.9 Å². The number of nitrogens with zero attached hydrogens (tertiary/aromatic N) is 1. The van der Waals surface area contributed by atoms with E-state index in [2.05, 4.69) is 34.1 Å². The van der Waals surface area contributed by atoms with Gasteiger partial charge in [-0.3, -0.25) is 4.79 Å². The fraction of sp³-hybridized carbons (Fsp3) is 0.158. The van der Waals surface area contributed by atoms with Crippen LogP contribution in [-0.4, -0.2) is 5.91 Å². The van der Waals surface area contributed by atoms with Crippen molar-refractivity contribution in [2.24, 2.45) is 5.73 Å². The first-order valence-electron chi connectivity index (χ1n) is 7.30. The monoisotopic (exact) mass is 384 g/mol. The molecule has 2 rings (SSSR count). The average Bonchev–Trinajstić information content (AvgIpc) is 2.50. The molecule has 2 aromatic carbocycles. The second-order valence-corrected chi connectivity index (χ2v) is 6.42. The lowest BCUT2D eigenvalue weighted by Gasteiger charge is -2.11. The van der Waals surface area contributed by atoms with Crippen LogP contribution in [-0.2, 0) is 11.4 Å². The number of aryl methyl sites for hydroxylation is 2. The highest BCUT2D eigenvalue weighted by Gasteiger charge is 2.09. The van der Waals surface area contributed by atoms with Crippen LogP contribution in [0.25, 0.3) is 6.08 Å². The molecule has 24 heavy (non-hydrogen) atoms. The number of benzene rings is 2. The molecule has 0 heterocycles. The predicted octanol–water partition coefficient (Wildman–Crippen LogP) is 4.04. The number of rotatable bonds is 5. The summed E-state index contributed by atoms with van der Waals surface area (Å²) in [5, 5.41) is 9.02. The number of halogens is 1. The van der Waals surface area contributed by atoms with E-state index in [-0.39, 0.29) is 5.57 Å². The van der Waals surface area contributed by atoms with E-state index in [1.54, 1.807) is 18.2 Å². The minimum Gasteiger partial charge on any atom is -0.488 e. The van der Waals surface area contributed by atoms with Gasteiger partial charge in [-0.1, -0.05) is 45.3 Å². The van der Waals surface area contributed by atoms with Crippen molar-refractivity contribution >= 4 is 27.9 Å². The fourth-order valence-corrected chi connectivity index (χ4v) is 2.77. The van der Waals surface area contributed by atoms with Gasteiger partial charge in [0.1, 0.15) is 24.0 Å². The molecule has 0 bridgehead atoms. The maximum absolute atomic E-state index is 11.3. The number of ether oxygens (including phenoxy) is 1. The number of nitriles is 1. The number of carbonyl (C=O) groups is 1. The molecule has 0 aliphatic heterocycles. The molecule has 5 heteroatoms. The second-order valence-electron chi connectivity index (χ2n) is 5.50. The summed E-state index contributed by atoms with van der Waals surface area (Å²) in [6, 6.07) is 13.4. The van der Waals surface area contributed by atoms with Crippen molar-refractivity contribution in [2.45, 2.75) is 20.5 Å². The predicted molar refractivity (Wildman–Crippen MR) is 97.2 cm³/mol. The average molecular weight is 385 g/mol. The Kier molecular flexibility index (Phi) is 5.78. The van der Waals surface area contributed by atoms with Gasteiger partial charge in [-0.25, -0.2) is 0 Å². The highest BCUT2D eigenvalue weighted by atomic mass is 79.9. The zero-order valence-corrected chi connectivity index (χ0v) is 15.1. The van der Waals surface area contributed by atoms with Crippen molar-refractivity contribution in [1.29, 1.82) is 5.26 Å². The maximum atomic E-state index is 11.3. The quantitative estimate of drug-likeness (QED) is 0.624. The van der Waals surface area contributed by atoms with Crippen LogP contribution in [0.3, 0.4) is 0 Å². The van der Waals surface area contributed by atoms with Gasteiger partial charge in [-0.2, -0.15) is 5.26 Å². The summed E-state index contributed by atoms with van der Waals surface area (Å²) in [6.45, 7) is 4.47. The number of hydrogen-bond donors (Lipinski definition) is 1. The van der Waals surface area contributed by atoms with E-state index >= 15 is 0 Å². The topological polar surface area (TPSA) is 76.1 Å². The standard InChI is InChI=1S/C19H17BrN2O2/c1-12-5-13(2)7-14(6-12)11-24-18-4-3-17(20)9-15(18)8-16(10-21)19(22)23/h3-9H,11H2,1-2H3,(H2,22,23)/b16-8+. The van der Waals surface area contributed by atoms with Crippen molar-refractivity contribution in [2.75, 3.05) is 0 Å². The van der Waals surface area contributed by atoms with E-state index < -0.39 is 5.91 Å². The lowest BCUT2D eigenvalue weighted by atomic mass is 10.1. The zero-order chi connectivity index (χ0) is 17.7. The minimum atomic E-state index is -0.766. The molecule has 2 aromatic rings. The van der Waals surface area contributed by atoms with Gasteiger partial charge in [0.05, 0.1) is 0 Å². The van der Waals surface area contributed by atoms with E-state index in [0.717, 1.165) is 10.0 Å². The fourth-order valence-electron chi connectivity index (χ4n) is 2.39. The van der Waals surface area contributed by atoms with Crippen LogP contribution in [0.5, 0.6) is 5.75 Å². The Morgan fingerprint density at radius 2 is 1.92 bits per heavy atom. The van der Waals surface area contributed by atoms with Gasteiger partial charge >= 0.3 is 0 Å². The molecular weight excluding hydrogens is 368 g/mol. The molecule has 122 valence electrons. The van der Waals surface area contributed by atoms with Crippen molar-refractivity contribution < 1.29 is 9.53 Å². The SMILES string of the molecule is Cc1cc(C)cc(COc2ccc(Br)cc2/C=C(\C#N)C(N)=O)c1. The third-order valence-corrected chi connectivity index (χ3v) is 3.83. The van der Waals surface area contributed by atoms with Crippen LogP contribution in [0.4, 0.5) is 0 Å². The number of nitrogens with two attached hydrogens (primary N) is 1. The van der Waals surface area contributed by atoms with E-state index in [4.69, 9.17) is 15.7 Å². The zero-order valence-electron chi connectivity index (χ0n) is 13.5. The highest BCUT2D eigenvalue weighted by Crippen LogP contribution is 2.26. The molecule has 0 aromatic heterocycles. The number of hydrogen-bond acceptors (Lipinski definition) is 3. The largest absolute Gasteiger partial charge is 0.488 e. The Balaban J connectivity index is 2.30. The maximum Gasteiger partial charge on any atom is 0.259 e. The van der Waals surface area contributed by atoms with Crippen LogP contribution in [0.1, 0.15) is 22.3 Å². The Hall–Kier alpha value is -2.58. The summed E-state index contributed by atoms with van der Waals surface area (Å²) in [6.07, 6.45) is 1.43. The van der Waals surface area contributed by atoms with Gasteiger partial charge in [0.2, 0.25) is 0 Å². The molecule has 0 saturated carbocycles. The Bertz CT molecular complexity index is 831. The van der Waals surface area contributed by atoms with Gasteiger partial charge in [0, 0.05) is 10.0 Å². The molecule has 0 radical (unpaired) electrons. The first-order valence-corrected chi connectivity index (χ1v) is 8.09. The van der Waals surface area contributed by atoms with Gasteiger partial charge in [0.25, 0.3) is 5.91 Å². The van der Waals surface area contributed by atoms with Crippen molar-refractivity contribution in [3.8, 4) is 11.8 Å². The van der Waals surface area contributed by atoms with Gasteiger partial charge in [-0.05, 0) is 43.7 Å². The van der Waals surface area contributed by atoms with Gasteiger partial charge in [-0.15, -0.1) is 0 Å². The Morgan fingerprint density at radius 3 is 2.50 bits per heavy atom. The molecule has 0 aliphatic rings. The second kappa shape index (κ2) is 7.80. The van der Waals surface area contributed by atoms with Crippen molar-refractivity contribution in [3.63, 3.8) is 0 Å². The van der Waals surface area contributed by atoms with Crippen LogP contribution >= 0.6 is 15.9 Å². The van der Waals surface area contributed by atoms with Crippen molar-refractivity contribution in [1.82, 2.24) is 0 Å². The molecular formula is C19H17BrN2O2. The van der Waals surface area contributed by atoms with Crippen LogP contribution < -0.4 is 10.5 Å². The van der Waals surface area contributed by atoms with Crippen LogP contribution in [0.2, 0.25) is 0 Å². The molecule has 0 aliphatic carbocycles. The van der Waals surface area contributed by atoms with Crippen LogP contribution in [0, 0.1) is 25.2 Å². The van der Waals surface area contributed by atoms with E-state index in [1.165, 1.54) is 17.2 Å². The third-order valence-electron chi connectivity index (χ3n) is 3.33. The van der Waals surface area contributed by atoms with E-state index in [1.807, 2.05) is 19.9 Å². The normalized spacial score (nSPS) is 11.0. The number of carbonyl (C=O) groups excluding carboxylic acids is 1. The molecule has 0 spiro atoms. The summed E-state index contributed by atoms with van der Waals surface area (Å²) in [4.78, 5) is 11.3.